The van der Waals surface area contributed by atoms with Gasteiger partial charge in [0.15, 0.2) is 0 Å². The first-order chi connectivity index (χ1) is 13.3. The number of benzene rings is 2. The number of nitriles is 1. The van der Waals surface area contributed by atoms with Crippen molar-refractivity contribution in [2.75, 3.05) is 11.4 Å². The van der Waals surface area contributed by atoms with E-state index in [1.54, 1.807) is 12.1 Å². The second-order valence-electron chi connectivity index (χ2n) is 5.66. The molecule has 0 fully saturated rings. The summed E-state index contributed by atoms with van der Waals surface area (Å²) in [5, 5.41) is 9.87. The largest absolute Gasteiger partial charge is 0.456 e. The second-order valence-corrected chi connectivity index (χ2v) is 8.47. The van der Waals surface area contributed by atoms with E-state index in [2.05, 4.69) is 4.98 Å². The summed E-state index contributed by atoms with van der Waals surface area (Å²) in [6.07, 6.45) is 2.96. The molecule has 1 heterocycles. The maximum Gasteiger partial charge on any atom is 0.267 e. The Hall–Kier alpha value is -2.79. The topological polar surface area (TPSA) is 83.3 Å². The third-order valence-electron chi connectivity index (χ3n) is 3.78. The molecule has 0 atom stereocenters. The highest BCUT2D eigenvalue weighted by Gasteiger charge is 2.26. The average Bonchev–Trinajstić information content (AvgIpc) is 2.67. The zero-order chi connectivity index (χ0) is 20.3. The number of sulfonamides is 1. The SMILES string of the molecule is CN(c1cccnc1)S(=O)(=O)c1cc(C#N)ccc1Oc1cc(Cl)cc(Cl)c1. The Bertz CT molecular complexity index is 1140. The minimum atomic E-state index is -4.04. The smallest absolute Gasteiger partial charge is 0.267 e. The fourth-order valence-corrected chi connectivity index (χ4v) is 4.23. The van der Waals surface area contributed by atoms with Crippen LogP contribution in [0.25, 0.3) is 0 Å². The number of ether oxygens (including phenoxy) is 1. The van der Waals surface area contributed by atoms with Gasteiger partial charge >= 0.3 is 0 Å². The van der Waals surface area contributed by atoms with Crippen LogP contribution in [0.1, 0.15) is 5.56 Å². The molecule has 0 aliphatic rings. The Labute approximate surface area is 172 Å². The Balaban J connectivity index is 2.10. The summed E-state index contributed by atoms with van der Waals surface area (Å²) in [5.74, 6) is 0.302. The van der Waals surface area contributed by atoms with Crippen LogP contribution in [0, 0.1) is 11.3 Å². The lowest BCUT2D eigenvalue weighted by Crippen LogP contribution is -2.27. The normalized spacial score (nSPS) is 10.9. The van der Waals surface area contributed by atoms with E-state index in [4.69, 9.17) is 27.9 Å². The van der Waals surface area contributed by atoms with Gasteiger partial charge in [-0.2, -0.15) is 5.26 Å². The number of aromatic nitrogens is 1. The van der Waals surface area contributed by atoms with E-state index in [9.17, 15) is 13.7 Å². The van der Waals surface area contributed by atoms with Crippen LogP contribution in [0.15, 0.2) is 65.8 Å². The first-order valence-electron chi connectivity index (χ1n) is 7.88. The molecule has 3 aromatic rings. The second kappa shape index (κ2) is 8.07. The Morgan fingerprint density at radius 2 is 1.82 bits per heavy atom. The minimum absolute atomic E-state index is 0.0353. The monoisotopic (exact) mass is 433 g/mol. The minimum Gasteiger partial charge on any atom is -0.456 e. The highest BCUT2D eigenvalue weighted by atomic mass is 35.5. The van der Waals surface area contributed by atoms with Gasteiger partial charge in [-0.3, -0.25) is 9.29 Å². The zero-order valence-electron chi connectivity index (χ0n) is 14.5. The first-order valence-corrected chi connectivity index (χ1v) is 10.1. The van der Waals surface area contributed by atoms with Gasteiger partial charge in [0.2, 0.25) is 0 Å². The molecule has 0 saturated heterocycles. The van der Waals surface area contributed by atoms with Crippen molar-refractivity contribution in [1.82, 2.24) is 4.98 Å². The lowest BCUT2D eigenvalue weighted by molar-refractivity contribution is 0.467. The summed E-state index contributed by atoms with van der Waals surface area (Å²) in [4.78, 5) is 3.76. The number of rotatable bonds is 5. The molecule has 2 aromatic carbocycles. The van der Waals surface area contributed by atoms with Gasteiger partial charge in [-0.1, -0.05) is 23.2 Å². The third kappa shape index (κ3) is 4.20. The van der Waals surface area contributed by atoms with E-state index in [-0.39, 0.29) is 22.0 Å². The van der Waals surface area contributed by atoms with E-state index in [0.29, 0.717) is 15.7 Å². The zero-order valence-corrected chi connectivity index (χ0v) is 16.8. The maximum atomic E-state index is 13.2. The molecule has 1 aromatic heterocycles. The highest BCUT2D eigenvalue weighted by Crippen LogP contribution is 2.34. The standard InChI is InChI=1S/C19H13Cl2N3O3S/c1-24(16-3-2-6-23-12-16)28(25,26)19-7-13(11-22)4-5-18(19)27-17-9-14(20)8-15(21)10-17/h2-10,12H,1H3. The van der Waals surface area contributed by atoms with E-state index in [0.717, 1.165) is 4.31 Å². The summed E-state index contributed by atoms with van der Waals surface area (Å²) in [5.41, 5.74) is 0.538. The van der Waals surface area contributed by atoms with Crippen LogP contribution in [0.2, 0.25) is 10.0 Å². The lowest BCUT2D eigenvalue weighted by Gasteiger charge is -2.21. The van der Waals surface area contributed by atoms with Gasteiger partial charge in [0.05, 0.1) is 23.5 Å². The van der Waals surface area contributed by atoms with Gasteiger partial charge < -0.3 is 4.74 Å². The number of halogens is 2. The van der Waals surface area contributed by atoms with Crippen LogP contribution < -0.4 is 9.04 Å². The Morgan fingerprint density at radius 1 is 1.11 bits per heavy atom. The predicted molar refractivity (Wildman–Crippen MR) is 108 cm³/mol. The van der Waals surface area contributed by atoms with Gasteiger partial charge in [-0.05, 0) is 48.5 Å². The Kier molecular flexibility index (Phi) is 5.75. The molecule has 28 heavy (non-hydrogen) atoms. The van der Waals surface area contributed by atoms with Crippen molar-refractivity contribution in [3.8, 4) is 17.6 Å². The summed E-state index contributed by atoms with van der Waals surface area (Å²) in [6.45, 7) is 0. The molecule has 0 aliphatic heterocycles. The summed E-state index contributed by atoms with van der Waals surface area (Å²) in [6, 6.07) is 13.8. The molecule has 0 N–H and O–H groups in total. The van der Waals surface area contributed by atoms with E-state index in [1.807, 2.05) is 6.07 Å². The Morgan fingerprint density at radius 3 is 2.43 bits per heavy atom. The molecule has 0 aliphatic carbocycles. The van der Waals surface area contributed by atoms with Crippen molar-refractivity contribution < 1.29 is 13.2 Å². The molecule has 0 saturated carbocycles. The molecule has 3 rings (SSSR count). The van der Waals surface area contributed by atoms with Crippen molar-refractivity contribution in [3.05, 3.63) is 76.5 Å². The molecular formula is C19H13Cl2N3O3S. The van der Waals surface area contributed by atoms with E-state index < -0.39 is 10.0 Å². The van der Waals surface area contributed by atoms with Gasteiger partial charge in [0.1, 0.15) is 16.4 Å². The van der Waals surface area contributed by atoms with Gasteiger partial charge in [-0.25, -0.2) is 8.42 Å². The maximum absolute atomic E-state index is 13.2. The van der Waals surface area contributed by atoms with Crippen molar-refractivity contribution in [2.24, 2.45) is 0 Å². The molecular weight excluding hydrogens is 421 g/mol. The van der Waals surface area contributed by atoms with E-state index in [1.165, 1.54) is 55.8 Å². The van der Waals surface area contributed by atoms with Crippen molar-refractivity contribution >= 4 is 38.9 Å². The van der Waals surface area contributed by atoms with Crippen LogP contribution in [-0.4, -0.2) is 20.4 Å². The molecule has 142 valence electrons. The molecule has 0 radical (unpaired) electrons. The van der Waals surface area contributed by atoms with E-state index >= 15 is 0 Å². The summed E-state index contributed by atoms with van der Waals surface area (Å²) in [7, 11) is -2.65. The van der Waals surface area contributed by atoms with Crippen molar-refractivity contribution in [3.63, 3.8) is 0 Å². The fourth-order valence-electron chi connectivity index (χ4n) is 2.40. The summed E-state index contributed by atoms with van der Waals surface area (Å²) < 4.78 is 33.2. The van der Waals surface area contributed by atoms with Crippen LogP contribution in [0.4, 0.5) is 5.69 Å². The van der Waals surface area contributed by atoms with Gasteiger partial charge in [0.25, 0.3) is 10.0 Å². The fraction of sp³-hybridized carbons (Fsp3) is 0.0526. The quantitative estimate of drug-likeness (QED) is 0.572. The van der Waals surface area contributed by atoms with Gasteiger partial charge in [0, 0.05) is 23.3 Å². The number of hydrogen-bond acceptors (Lipinski definition) is 5. The highest BCUT2D eigenvalue weighted by molar-refractivity contribution is 7.92. The molecule has 6 nitrogen and oxygen atoms in total. The molecule has 9 heteroatoms. The third-order valence-corrected chi connectivity index (χ3v) is 6.03. The van der Waals surface area contributed by atoms with Gasteiger partial charge in [-0.15, -0.1) is 0 Å². The van der Waals surface area contributed by atoms with Crippen LogP contribution in [0.3, 0.4) is 0 Å². The molecule has 0 bridgehead atoms. The summed E-state index contributed by atoms with van der Waals surface area (Å²) >= 11 is 12.0. The number of nitrogens with zero attached hydrogens (tertiary/aromatic N) is 3. The number of pyridine rings is 1. The van der Waals surface area contributed by atoms with Crippen LogP contribution in [0.5, 0.6) is 11.5 Å². The van der Waals surface area contributed by atoms with Crippen LogP contribution in [-0.2, 0) is 10.0 Å². The molecule has 0 unspecified atom stereocenters. The molecule has 0 amide bonds. The number of hydrogen-bond donors (Lipinski definition) is 0. The first kappa shape index (κ1) is 20.0. The lowest BCUT2D eigenvalue weighted by atomic mass is 10.2. The predicted octanol–water partition coefficient (Wildman–Crippen LogP) is 4.88. The van der Waals surface area contributed by atoms with Crippen molar-refractivity contribution in [1.29, 1.82) is 5.26 Å². The average molecular weight is 434 g/mol. The number of anilines is 1. The molecule has 0 spiro atoms. The van der Waals surface area contributed by atoms with Crippen molar-refractivity contribution in [2.45, 2.75) is 4.90 Å². The van der Waals surface area contributed by atoms with Crippen LogP contribution >= 0.6 is 23.2 Å².